The van der Waals surface area contributed by atoms with Crippen LogP contribution in [0.25, 0.3) is 27.6 Å². The lowest BCUT2D eigenvalue weighted by Crippen LogP contribution is -2.42. The first kappa shape index (κ1) is 29.7. The van der Waals surface area contributed by atoms with Crippen LogP contribution in [0.5, 0.6) is 0 Å². The zero-order chi connectivity index (χ0) is 29.9. The summed E-state index contributed by atoms with van der Waals surface area (Å²) in [5.74, 6) is 0.410. The summed E-state index contributed by atoms with van der Waals surface area (Å²) in [7, 11) is 1.75. The van der Waals surface area contributed by atoms with E-state index in [1.165, 1.54) is 20.2 Å². The lowest BCUT2D eigenvalue weighted by Gasteiger charge is -2.34. The maximum absolute atomic E-state index is 13.5. The molecule has 0 spiro atoms. The van der Waals surface area contributed by atoms with Crippen molar-refractivity contribution in [1.29, 1.82) is 0 Å². The van der Waals surface area contributed by atoms with Crippen molar-refractivity contribution in [2.45, 2.75) is 50.6 Å². The first-order valence-electron chi connectivity index (χ1n) is 15.0. The highest BCUT2D eigenvalue weighted by Crippen LogP contribution is 2.37. The number of hydrogen-bond donors (Lipinski definition) is 2. The molecule has 8 nitrogen and oxygen atoms in total. The summed E-state index contributed by atoms with van der Waals surface area (Å²) in [6.07, 6.45) is 3.90. The summed E-state index contributed by atoms with van der Waals surface area (Å²) in [5.41, 5.74) is 12.4. The number of carbonyl (C=O) groups excluding carboxylic acids is 1. The standard InChI is InChI=1S/C34H38IN5O3/c1-43-19-7-18-39-29-11-4-2-9-27(29)32(35)33(39)24-8-6-17-38(22-24)31(41)21-25(36)20-23-13-15-26(16-14-23)40-30-12-5-3-10-28(30)37-34(40)42/h2-5,9-16,24-25H,6-8,17-22,36H2,1H3,(H,37,42)/t24?,25-/m1/s1. The van der Waals surface area contributed by atoms with E-state index in [1.54, 1.807) is 11.7 Å². The van der Waals surface area contributed by atoms with Crippen molar-refractivity contribution in [3.05, 3.63) is 98.1 Å². The van der Waals surface area contributed by atoms with Gasteiger partial charge in [0.2, 0.25) is 5.91 Å². The number of methoxy groups -OCH3 is 1. The summed E-state index contributed by atoms with van der Waals surface area (Å²) in [6, 6.07) is 23.8. The Bertz CT molecular complexity index is 1790. The first-order chi connectivity index (χ1) is 20.9. The predicted octanol–water partition coefficient (Wildman–Crippen LogP) is 5.58. The number of aromatic nitrogens is 3. The van der Waals surface area contributed by atoms with Gasteiger partial charge in [-0.25, -0.2) is 4.79 Å². The molecule has 5 aromatic rings. The van der Waals surface area contributed by atoms with Crippen molar-refractivity contribution in [1.82, 2.24) is 19.0 Å². The van der Waals surface area contributed by atoms with Crippen LogP contribution in [0, 0.1) is 3.57 Å². The number of para-hydroxylation sites is 3. The number of aryl methyl sites for hydroxylation is 1. The molecule has 0 aliphatic carbocycles. The molecule has 1 unspecified atom stereocenters. The number of nitrogens with zero attached hydrogens (tertiary/aromatic N) is 3. The van der Waals surface area contributed by atoms with Crippen LogP contribution in [-0.2, 0) is 22.5 Å². The number of ether oxygens (including phenoxy) is 1. The van der Waals surface area contributed by atoms with Gasteiger partial charge in [-0.15, -0.1) is 0 Å². The molecule has 2 atom stereocenters. The highest BCUT2D eigenvalue weighted by molar-refractivity contribution is 14.1. The SMILES string of the molecule is COCCCn1c(C2CCCN(C(=O)C[C@H](N)Cc3ccc(-n4c(=O)[nH]c5ccccc54)cc3)C2)c(I)c2ccccc21. The Kier molecular flexibility index (Phi) is 9.01. The molecular weight excluding hydrogens is 653 g/mol. The third-order valence-corrected chi connectivity index (χ3v) is 9.69. The van der Waals surface area contributed by atoms with Crippen LogP contribution in [0.2, 0.25) is 0 Å². The number of halogens is 1. The second-order valence-corrected chi connectivity index (χ2v) is 12.6. The molecule has 224 valence electrons. The molecule has 3 aromatic carbocycles. The van der Waals surface area contributed by atoms with Gasteiger partial charge in [0, 0.05) is 71.9 Å². The number of imidazole rings is 1. The maximum Gasteiger partial charge on any atom is 0.331 e. The molecule has 1 saturated heterocycles. The Morgan fingerprint density at radius 1 is 1.07 bits per heavy atom. The fraction of sp³-hybridized carbons (Fsp3) is 0.353. The molecular formula is C34H38IN5O3. The number of likely N-dealkylation sites (tertiary alicyclic amines) is 1. The van der Waals surface area contributed by atoms with Gasteiger partial charge in [0.05, 0.1) is 16.7 Å². The summed E-state index contributed by atoms with van der Waals surface area (Å²) in [4.78, 5) is 31.0. The zero-order valence-electron chi connectivity index (χ0n) is 24.5. The third-order valence-electron chi connectivity index (χ3n) is 8.56. The minimum atomic E-state index is -0.282. The quantitative estimate of drug-likeness (QED) is 0.148. The molecule has 9 heteroatoms. The number of H-pyrrole nitrogens is 1. The number of piperidine rings is 1. The topological polar surface area (TPSA) is 98.3 Å². The van der Waals surface area contributed by atoms with Crippen LogP contribution in [-0.4, -0.2) is 57.8 Å². The van der Waals surface area contributed by atoms with Crippen molar-refractivity contribution in [2.24, 2.45) is 5.73 Å². The number of nitrogens with two attached hydrogens (primary N) is 1. The average Bonchev–Trinajstić information content (AvgIpc) is 3.50. The van der Waals surface area contributed by atoms with Crippen molar-refractivity contribution in [2.75, 3.05) is 26.8 Å². The van der Waals surface area contributed by atoms with Gasteiger partial charge in [0.25, 0.3) is 0 Å². The fourth-order valence-corrected chi connectivity index (χ4v) is 7.72. The molecule has 1 aliphatic rings. The highest BCUT2D eigenvalue weighted by Gasteiger charge is 2.30. The van der Waals surface area contributed by atoms with E-state index >= 15 is 0 Å². The lowest BCUT2D eigenvalue weighted by molar-refractivity contribution is -0.132. The summed E-state index contributed by atoms with van der Waals surface area (Å²) in [5, 5.41) is 1.28. The van der Waals surface area contributed by atoms with Crippen molar-refractivity contribution in [3.8, 4) is 5.69 Å². The van der Waals surface area contributed by atoms with Crippen LogP contribution < -0.4 is 11.4 Å². The Balaban J connectivity index is 1.12. The second kappa shape index (κ2) is 13.1. The maximum atomic E-state index is 13.5. The molecule has 3 N–H and O–H groups in total. The van der Waals surface area contributed by atoms with Crippen LogP contribution in [0.1, 0.15) is 42.9 Å². The van der Waals surface area contributed by atoms with Crippen molar-refractivity contribution < 1.29 is 9.53 Å². The number of fused-ring (bicyclic) bond motifs is 2. The number of nitrogens with one attached hydrogen (secondary N) is 1. The fourth-order valence-electron chi connectivity index (χ4n) is 6.54. The predicted molar refractivity (Wildman–Crippen MR) is 180 cm³/mol. The number of rotatable bonds is 10. The van der Waals surface area contributed by atoms with E-state index in [-0.39, 0.29) is 23.6 Å². The third kappa shape index (κ3) is 6.16. The minimum absolute atomic E-state index is 0.121. The van der Waals surface area contributed by atoms with Gasteiger partial charge in [0.15, 0.2) is 0 Å². The molecule has 3 heterocycles. The monoisotopic (exact) mass is 691 g/mol. The number of benzene rings is 3. The van der Waals surface area contributed by atoms with Gasteiger partial charge in [-0.1, -0.05) is 42.5 Å². The van der Waals surface area contributed by atoms with Crippen molar-refractivity contribution in [3.63, 3.8) is 0 Å². The van der Waals surface area contributed by atoms with E-state index in [9.17, 15) is 9.59 Å². The van der Waals surface area contributed by atoms with E-state index in [1.807, 2.05) is 53.4 Å². The highest BCUT2D eigenvalue weighted by atomic mass is 127. The van der Waals surface area contributed by atoms with E-state index in [0.29, 0.717) is 12.8 Å². The molecule has 2 aromatic heterocycles. The van der Waals surface area contributed by atoms with E-state index in [2.05, 4.69) is 56.4 Å². The molecule has 6 rings (SSSR count). The average molecular weight is 692 g/mol. The Hall–Kier alpha value is -3.41. The van der Waals surface area contributed by atoms with Crippen LogP contribution in [0.15, 0.2) is 77.6 Å². The van der Waals surface area contributed by atoms with Crippen molar-refractivity contribution >= 4 is 50.4 Å². The number of aromatic amines is 1. The molecule has 0 bridgehead atoms. The second-order valence-electron chi connectivity index (χ2n) is 11.5. The van der Waals surface area contributed by atoms with Crippen LogP contribution in [0.3, 0.4) is 0 Å². The normalized spacial score (nSPS) is 16.3. The number of amides is 1. The van der Waals surface area contributed by atoms with E-state index < -0.39 is 0 Å². The molecule has 1 aliphatic heterocycles. The van der Waals surface area contributed by atoms with Crippen LogP contribution in [0.4, 0.5) is 0 Å². The summed E-state index contributed by atoms with van der Waals surface area (Å²) >= 11 is 2.49. The van der Waals surface area contributed by atoms with E-state index in [0.717, 1.165) is 67.8 Å². The Labute approximate surface area is 265 Å². The van der Waals surface area contributed by atoms with Gasteiger partial charge in [-0.05, 0) is 84.2 Å². The first-order valence-corrected chi connectivity index (χ1v) is 16.1. The summed E-state index contributed by atoms with van der Waals surface area (Å²) < 4.78 is 10.8. The van der Waals surface area contributed by atoms with Gasteiger partial charge in [0.1, 0.15) is 0 Å². The number of hydrogen-bond acceptors (Lipinski definition) is 4. The number of carbonyl (C=O) groups is 1. The van der Waals surface area contributed by atoms with Gasteiger partial charge >= 0.3 is 5.69 Å². The summed E-state index contributed by atoms with van der Waals surface area (Å²) in [6.45, 7) is 3.11. The molecule has 43 heavy (non-hydrogen) atoms. The Morgan fingerprint density at radius 3 is 2.60 bits per heavy atom. The van der Waals surface area contributed by atoms with Crippen LogP contribution >= 0.6 is 22.6 Å². The minimum Gasteiger partial charge on any atom is -0.385 e. The zero-order valence-corrected chi connectivity index (χ0v) is 26.6. The smallest absolute Gasteiger partial charge is 0.331 e. The van der Waals surface area contributed by atoms with Gasteiger partial charge in [-0.2, -0.15) is 0 Å². The largest absolute Gasteiger partial charge is 0.385 e. The molecule has 0 radical (unpaired) electrons. The molecule has 1 fully saturated rings. The van der Waals surface area contributed by atoms with Gasteiger partial charge in [-0.3, -0.25) is 9.36 Å². The van der Waals surface area contributed by atoms with E-state index in [4.69, 9.17) is 10.5 Å². The lowest BCUT2D eigenvalue weighted by atomic mass is 9.93. The Morgan fingerprint density at radius 2 is 1.81 bits per heavy atom. The molecule has 1 amide bonds. The molecule has 0 saturated carbocycles. The van der Waals surface area contributed by atoms with Gasteiger partial charge < -0.3 is 24.9 Å².